The maximum atomic E-state index is 12.4. The molecule has 0 radical (unpaired) electrons. The maximum absolute atomic E-state index is 12.4. The second-order valence-electron chi connectivity index (χ2n) is 6.59. The Hall–Kier alpha value is -2.54. The molecule has 4 N–H and O–H groups in total. The zero-order valence-corrected chi connectivity index (χ0v) is 19.0. The number of rotatable bonds is 11. The van der Waals surface area contributed by atoms with Crippen LogP contribution in [0.25, 0.3) is 0 Å². The number of nitrogens with zero attached hydrogens (tertiary/aromatic N) is 3. The second kappa shape index (κ2) is 10.9. The molecule has 14 heteroatoms. The first-order valence-electron chi connectivity index (χ1n) is 9.37. The van der Waals surface area contributed by atoms with E-state index >= 15 is 0 Å². The van der Waals surface area contributed by atoms with E-state index in [-0.39, 0.29) is 39.5 Å². The molecular formula is C18H23N4O8PS. The van der Waals surface area contributed by atoms with Crippen LogP contribution in [-0.4, -0.2) is 41.1 Å². The van der Waals surface area contributed by atoms with Gasteiger partial charge >= 0.3 is 7.82 Å². The Bertz CT molecular complexity index is 1160. The fourth-order valence-corrected chi connectivity index (χ4v) is 3.93. The van der Waals surface area contributed by atoms with E-state index in [1.807, 2.05) is 6.92 Å². The fourth-order valence-electron chi connectivity index (χ4n) is 2.52. The van der Waals surface area contributed by atoms with Crippen molar-refractivity contribution in [2.24, 2.45) is 10.2 Å². The third-order valence-corrected chi connectivity index (χ3v) is 6.10. The number of aromatic hydroxyl groups is 1. The maximum Gasteiger partial charge on any atom is 0.469 e. The van der Waals surface area contributed by atoms with Crippen LogP contribution in [0.3, 0.4) is 0 Å². The van der Waals surface area contributed by atoms with Crippen molar-refractivity contribution in [3.63, 3.8) is 0 Å². The van der Waals surface area contributed by atoms with Crippen LogP contribution in [0.5, 0.6) is 5.75 Å². The lowest BCUT2D eigenvalue weighted by molar-refractivity contribution is 0.111. The summed E-state index contributed by atoms with van der Waals surface area (Å²) in [6.07, 6.45) is 1.78. The lowest BCUT2D eigenvalue weighted by Crippen LogP contribution is -2.24. The largest absolute Gasteiger partial charge is 0.505 e. The average Bonchev–Trinajstić information content (AvgIpc) is 2.73. The topological polar surface area (TPSA) is 188 Å². The van der Waals surface area contributed by atoms with Gasteiger partial charge in [0.1, 0.15) is 5.75 Å². The predicted molar refractivity (Wildman–Crippen MR) is 114 cm³/mol. The van der Waals surface area contributed by atoms with Gasteiger partial charge in [-0.2, -0.15) is 0 Å². The molecule has 32 heavy (non-hydrogen) atoms. The third kappa shape index (κ3) is 6.99. The monoisotopic (exact) mass is 486 g/mol. The number of aryl methyl sites for hydroxylation is 1. The molecule has 2 aromatic rings. The van der Waals surface area contributed by atoms with Gasteiger partial charge in [0, 0.05) is 12.1 Å². The molecule has 0 aliphatic rings. The SMILES string of the molecule is CCCCNS(=O)(=O)c1cccc(N=Nc2nc(C)c(O)c(C=O)c2COP(=O)(O)O)c1. The Morgan fingerprint density at radius 1 is 1.28 bits per heavy atom. The van der Waals surface area contributed by atoms with E-state index in [1.165, 1.54) is 31.2 Å². The number of aromatic nitrogens is 1. The summed E-state index contributed by atoms with van der Waals surface area (Å²) in [6.45, 7) is 2.84. The summed E-state index contributed by atoms with van der Waals surface area (Å²) < 4.78 is 42.7. The predicted octanol–water partition coefficient (Wildman–Crippen LogP) is 3.01. The van der Waals surface area contributed by atoms with Gasteiger partial charge in [0.15, 0.2) is 12.1 Å². The molecular weight excluding hydrogens is 463 g/mol. The molecule has 174 valence electrons. The highest BCUT2D eigenvalue weighted by Gasteiger charge is 2.22. The molecule has 2 rings (SSSR count). The fraction of sp³-hybridized carbons (Fsp3) is 0.333. The van der Waals surface area contributed by atoms with Gasteiger partial charge in [-0.25, -0.2) is 22.7 Å². The second-order valence-corrected chi connectivity index (χ2v) is 9.60. The summed E-state index contributed by atoms with van der Waals surface area (Å²) in [6, 6.07) is 5.61. The van der Waals surface area contributed by atoms with Crippen LogP contribution < -0.4 is 4.72 Å². The highest BCUT2D eigenvalue weighted by molar-refractivity contribution is 7.89. The first kappa shape index (κ1) is 25.7. The van der Waals surface area contributed by atoms with Crippen LogP contribution in [0.4, 0.5) is 11.5 Å². The van der Waals surface area contributed by atoms with Crippen molar-refractivity contribution in [2.45, 2.75) is 38.2 Å². The van der Waals surface area contributed by atoms with Crippen molar-refractivity contribution >= 4 is 35.6 Å². The van der Waals surface area contributed by atoms with Crippen molar-refractivity contribution in [3.8, 4) is 5.75 Å². The number of pyridine rings is 1. The number of phosphoric acid groups is 1. The van der Waals surface area contributed by atoms with Gasteiger partial charge in [0.25, 0.3) is 0 Å². The molecule has 0 unspecified atom stereocenters. The number of carbonyl (C=O) groups is 1. The van der Waals surface area contributed by atoms with Crippen LogP contribution >= 0.6 is 7.82 Å². The molecule has 12 nitrogen and oxygen atoms in total. The third-order valence-electron chi connectivity index (χ3n) is 4.17. The van der Waals surface area contributed by atoms with Crippen molar-refractivity contribution in [1.29, 1.82) is 0 Å². The van der Waals surface area contributed by atoms with Crippen molar-refractivity contribution in [1.82, 2.24) is 9.71 Å². The minimum Gasteiger partial charge on any atom is -0.505 e. The van der Waals surface area contributed by atoms with Crippen LogP contribution in [0.1, 0.15) is 41.4 Å². The lowest BCUT2D eigenvalue weighted by atomic mass is 10.1. The molecule has 0 saturated carbocycles. The summed E-state index contributed by atoms with van der Waals surface area (Å²) in [7, 11) is -8.64. The molecule has 1 heterocycles. The van der Waals surface area contributed by atoms with Gasteiger partial charge < -0.3 is 14.9 Å². The summed E-state index contributed by atoms with van der Waals surface area (Å²) in [5.41, 5.74) is -0.334. The first-order valence-corrected chi connectivity index (χ1v) is 12.4. The molecule has 1 aromatic heterocycles. The molecule has 0 amide bonds. The molecule has 0 atom stereocenters. The van der Waals surface area contributed by atoms with E-state index in [0.29, 0.717) is 13.0 Å². The molecule has 0 aliphatic heterocycles. The van der Waals surface area contributed by atoms with Crippen molar-refractivity contribution in [2.75, 3.05) is 6.54 Å². The van der Waals surface area contributed by atoms with Gasteiger partial charge in [0.05, 0.1) is 28.4 Å². The van der Waals surface area contributed by atoms with E-state index in [2.05, 4.69) is 24.5 Å². The van der Waals surface area contributed by atoms with E-state index in [1.54, 1.807) is 0 Å². The number of aldehydes is 1. The molecule has 1 aromatic carbocycles. The minimum absolute atomic E-state index is 0.0254. The van der Waals surface area contributed by atoms with Crippen LogP contribution in [0, 0.1) is 6.92 Å². The number of benzene rings is 1. The standard InChI is InChI=1S/C18H23N4O8PS/c1-3-4-8-19-32(28,29)14-7-5-6-13(9-14)21-22-18-16(11-30-31(25,26)27)15(10-23)17(24)12(2)20-18/h5-7,9-10,19,24H,3-4,8,11H2,1-2H3,(H2,25,26,27). The highest BCUT2D eigenvalue weighted by atomic mass is 32.2. The Morgan fingerprint density at radius 2 is 2.00 bits per heavy atom. The number of phosphoric ester groups is 1. The highest BCUT2D eigenvalue weighted by Crippen LogP contribution is 2.40. The van der Waals surface area contributed by atoms with Crippen LogP contribution in [0.2, 0.25) is 0 Å². The van der Waals surface area contributed by atoms with E-state index < -0.39 is 30.2 Å². The average molecular weight is 486 g/mol. The molecule has 0 saturated heterocycles. The summed E-state index contributed by atoms with van der Waals surface area (Å²) in [5.74, 6) is -0.723. The zero-order chi connectivity index (χ0) is 23.9. The summed E-state index contributed by atoms with van der Waals surface area (Å²) >= 11 is 0. The van der Waals surface area contributed by atoms with E-state index in [4.69, 9.17) is 9.79 Å². The lowest BCUT2D eigenvalue weighted by Gasteiger charge is -2.12. The van der Waals surface area contributed by atoms with Gasteiger partial charge in [-0.15, -0.1) is 10.2 Å². The van der Waals surface area contributed by atoms with Crippen LogP contribution in [0.15, 0.2) is 39.4 Å². The molecule has 0 bridgehead atoms. The number of sulfonamides is 1. The Morgan fingerprint density at radius 3 is 2.62 bits per heavy atom. The molecule has 0 spiro atoms. The first-order chi connectivity index (χ1) is 15.0. The summed E-state index contributed by atoms with van der Waals surface area (Å²) in [4.78, 5) is 33.3. The number of azo groups is 1. The van der Waals surface area contributed by atoms with E-state index in [0.717, 1.165) is 6.42 Å². The molecule has 0 aliphatic carbocycles. The number of nitrogens with one attached hydrogen (secondary N) is 1. The van der Waals surface area contributed by atoms with Crippen molar-refractivity contribution in [3.05, 3.63) is 41.1 Å². The Kier molecular flexibility index (Phi) is 8.73. The smallest absolute Gasteiger partial charge is 0.469 e. The number of carbonyl (C=O) groups excluding carboxylic acids is 1. The number of hydrogen-bond donors (Lipinski definition) is 4. The quantitative estimate of drug-likeness (QED) is 0.160. The van der Waals surface area contributed by atoms with Gasteiger partial charge in [0.2, 0.25) is 10.0 Å². The number of unbranched alkanes of at least 4 members (excludes halogenated alkanes) is 1. The zero-order valence-electron chi connectivity index (χ0n) is 17.3. The molecule has 0 fully saturated rings. The minimum atomic E-state index is -4.89. The normalized spacial score (nSPS) is 12.4. The van der Waals surface area contributed by atoms with Gasteiger partial charge in [-0.05, 0) is 31.5 Å². The number of hydrogen-bond acceptors (Lipinski definition) is 9. The summed E-state index contributed by atoms with van der Waals surface area (Å²) in [5, 5.41) is 17.8. The van der Waals surface area contributed by atoms with Gasteiger partial charge in [-0.3, -0.25) is 9.32 Å². The van der Waals surface area contributed by atoms with Gasteiger partial charge in [-0.1, -0.05) is 19.4 Å². The van der Waals surface area contributed by atoms with E-state index in [9.17, 15) is 22.9 Å². The van der Waals surface area contributed by atoms with Crippen LogP contribution in [-0.2, 0) is 25.7 Å². The Balaban J connectivity index is 2.42. The Labute approximate surface area is 184 Å². The van der Waals surface area contributed by atoms with Crippen molar-refractivity contribution < 1.29 is 37.2 Å².